The fourth-order valence-corrected chi connectivity index (χ4v) is 2.36. The number of hydrogen-bond acceptors (Lipinski definition) is 5. The zero-order chi connectivity index (χ0) is 13.8. The second-order valence-electron chi connectivity index (χ2n) is 4.19. The third-order valence-electron chi connectivity index (χ3n) is 2.63. The molecule has 0 unspecified atom stereocenters. The maximum atomic E-state index is 4.59. The lowest BCUT2D eigenvalue weighted by Gasteiger charge is -2.08. The van der Waals surface area contributed by atoms with Crippen LogP contribution in [0.5, 0.6) is 0 Å². The van der Waals surface area contributed by atoms with Crippen molar-refractivity contribution in [2.45, 2.75) is 26.7 Å². The van der Waals surface area contributed by atoms with E-state index in [9.17, 15) is 0 Å². The molecule has 2 aromatic heterocycles. The number of halogens is 1. The first-order valence-corrected chi connectivity index (χ1v) is 7.12. The van der Waals surface area contributed by atoms with Crippen LogP contribution in [0.25, 0.3) is 11.4 Å². The highest BCUT2D eigenvalue weighted by Gasteiger charge is 2.14. The number of aryl methyl sites for hydroxylation is 2. The summed E-state index contributed by atoms with van der Waals surface area (Å²) in [6, 6.07) is 1.92. The van der Waals surface area contributed by atoms with Gasteiger partial charge in [-0.25, -0.2) is 14.6 Å². The fraction of sp³-hybridized carbons (Fsp3) is 0.500. The van der Waals surface area contributed by atoms with Crippen LogP contribution in [0, 0.1) is 0 Å². The van der Waals surface area contributed by atoms with Crippen LogP contribution in [0.4, 0.5) is 5.82 Å². The highest BCUT2D eigenvalue weighted by Crippen LogP contribution is 2.25. The van der Waals surface area contributed by atoms with E-state index in [-0.39, 0.29) is 0 Å². The molecule has 0 spiro atoms. The van der Waals surface area contributed by atoms with Crippen LogP contribution < -0.4 is 5.32 Å². The average molecular weight is 325 g/mol. The van der Waals surface area contributed by atoms with Gasteiger partial charge in [-0.2, -0.15) is 0 Å². The molecule has 0 saturated heterocycles. The number of anilines is 1. The maximum absolute atomic E-state index is 4.59. The SMILES string of the molecule is CCCc1nc(NCC)cc(-c2c(Br)nnn2C)n1. The molecule has 0 atom stereocenters. The fourth-order valence-electron chi connectivity index (χ4n) is 1.83. The first kappa shape index (κ1) is 13.9. The van der Waals surface area contributed by atoms with E-state index in [1.54, 1.807) is 4.68 Å². The van der Waals surface area contributed by atoms with Gasteiger partial charge in [0, 0.05) is 26.1 Å². The first-order valence-electron chi connectivity index (χ1n) is 6.33. The van der Waals surface area contributed by atoms with E-state index < -0.39 is 0 Å². The van der Waals surface area contributed by atoms with Crippen molar-refractivity contribution >= 4 is 21.7 Å². The standard InChI is InChI=1S/C12H17BrN6/c1-4-6-9-15-8(7-10(16-9)14-5-2)11-12(13)17-18-19(11)3/h7H,4-6H2,1-3H3,(H,14,15,16). The van der Waals surface area contributed by atoms with E-state index in [4.69, 9.17) is 0 Å². The molecule has 1 N–H and O–H groups in total. The third-order valence-corrected chi connectivity index (χ3v) is 3.17. The number of aromatic nitrogens is 5. The lowest BCUT2D eigenvalue weighted by atomic mass is 10.2. The number of rotatable bonds is 5. The summed E-state index contributed by atoms with van der Waals surface area (Å²) in [6.45, 7) is 4.99. The van der Waals surface area contributed by atoms with Crippen molar-refractivity contribution in [3.05, 3.63) is 16.5 Å². The van der Waals surface area contributed by atoms with Gasteiger partial charge in [0.25, 0.3) is 0 Å². The molecule has 0 aliphatic carbocycles. The zero-order valence-corrected chi connectivity index (χ0v) is 12.9. The van der Waals surface area contributed by atoms with E-state index in [1.165, 1.54) is 0 Å². The summed E-state index contributed by atoms with van der Waals surface area (Å²) in [5.41, 5.74) is 1.69. The predicted molar refractivity (Wildman–Crippen MR) is 77.9 cm³/mol. The Morgan fingerprint density at radius 2 is 2.11 bits per heavy atom. The molecule has 19 heavy (non-hydrogen) atoms. The summed E-state index contributed by atoms with van der Waals surface area (Å²) >= 11 is 3.41. The number of hydrogen-bond donors (Lipinski definition) is 1. The third kappa shape index (κ3) is 3.09. The van der Waals surface area contributed by atoms with E-state index in [0.717, 1.165) is 42.4 Å². The van der Waals surface area contributed by atoms with Gasteiger partial charge in [0.2, 0.25) is 0 Å². The molecule has 2 heterocycles. The molecule has 0 fully saturated rings. The first-order chi connectivity index (χ1) is 9.15. The van der Waals surface area contributed by atoms with Crippen LogP contribution in [0.3, 0.4) is 0 Å². The summed E-state index contributed by atoms with van der Waals surface area (Å²) in [6.07, 6.45) is 1.87. The molecule has 0 aliphatic rings. The Balaban J connectivity index is 2.49. The molecule has 0 bridgehead atoms. The Morgan fingerprint density at radius 3 is 2.68 bits per heavy atom. The quantitative estimate of drug-likeness (QED) is 0.914. The monoisotopic (exact) mass is 324 g/mol. The molecule has 0 aliphatic heterocycles. The van der Waals surface area contributed by atoms with Gasteiger partial charge in [-0.3, -0.25) is 0 Å². The molecule has 2 aromatic rings. The molecular weight excluding hydrogens is 308 g/mol. The molecular formula is C12H17BrN6. The Labute approximate surface area is 120 Å². The molecule has 6 nitrogen and oxygen atoms in total. The second-order valence-corrected chi connectivity index (χ2v) is 4.94. The highest BCUT2D eigenvalue weighted by atomic mass is 79.9. The minimum Gasteiger partial charge on any atom is -0.370 e. The van der Waals surface area contributed by atoms with Crippen LogP contribution in [-0.2, 0) is 13.5 Å². The maximum Gasteiger partial charge on any atom is 0.157 e. The van der Waals surface area contributed by atoms with E-state index in [2.05, 4.69) is 48.5 Å². The van der Waals surface area contributed by atoms with Crippen molar-refractivity contribution in [1.29, 1.82) is 0 Å². The molecule has 0 aromatic carbocycles. The van der Waals surface area contributed by atoms with Crippen molar-refractivity contribution in [1.82, 2.24) is 25.0 Å². The van der Waals surface area contributed by atoms with Gasteiger partial charge in [0.1, 0.15) is 17.3 Å². The molecule has 0 amide bonds. The van der Waals surface area contributed by atoms with Crippen molar-refractivity contribution in [2.24, 2.45) is 7.05 Å². The minimum absolute atomic E-state index is 0.693. The summed E-state index contributed by atoms with van der Waals surface area (Å²) in [7, 11) is 1.85. The zero-order valence-electron chi connectivity index (χ0n) is 11.3. The smallest absolute Gasteiger partial charge is 0.157 e. The van der Waals surface area contributed by atoms with Gasteiger partial charge >= 0.3 is 0 Å². The van der Waals surface area contributed by atoms with Crippen LogP contribution in [0.1, 0.15) is 26.1 Å². The predicted octanol–water partition coefficient (Wildman–Crippen LogP) is 2.42. The summed E-state index contributed by atoms with van der Waals surface area (Å²) in [5, 5.41) is 11.2. The minimum atomic E-state index is 0.693. The van der Waals surface area contributed by atoms with Crippen LogP contribution >= 0.6 is 15.9 Å². The summed E-state index contributed by atoms with van der Waals surface area (Å²) < 4.78 is 2.40. The lowest BCUT2D eigenvalue weighted by molar-refractivity contribution is 0.717. The topological polar surface area (TPSA) is 68.5 Å². The van der Waals surface area contributed by atoms with Crippen molar-refractivity contribution in [2.75, 3.05) is 11.9 Å². The molecule has 7 heteroatoms. The molecule has 102 valence electrons. The Bertz CT molecular complexity index is 522. The van der Waals surface area contributed by atoms with Gasteiger partial charge in [0.15, 0.2) is 4.60 Å². The van der Waals surface area contributed by atoms with Gasteiger partial charge < -0.3 is 5.32 Å². The Morgan fingerprint density at radius 1 is 1.32 bits per heavy atom. The Hall–Kier alpha value is -1.50. The van der Waals surface area contributed by atoms with Crippen molar-refractivity contribution in [3.8, 4) is 11.4 Å². The van der Waals surface area contributed by atoms with Crippen molar-refractivity contribution < 1.29 is 0 Å². The summed E-state index contributed by atoms with van der Waals surface area (Å²) in [4.78, 5) is 9.08. The summed E-state index contributed by atoms with van der Waals surface area (Å²) in [5.74, 6) is 1.67. The largest absolute Gasteiger partial charge is 0.370 e. The second kappa shape index (κ2) is 6.10. The normalized spacial score (nSPS) is 10.7. The Kier molecular flexibility index (Phi) is 4.47. The highest BCUT2D eigenvalue weighted by molar-refractivity contribution is 9.10. The molecule has 0 radical (unpaired) electrons. The molecule has 0 saturated carbocycles. The van der Waals surface area contributed by atoms with Crippen molar-refractivity contribution in [3.63, 3.8) is 0 Å². The molecule has 2 rings (SSSR count). The van der Waals surface area contributed by atoms with E-state index in [0.29, 0.717) is 4.60 Å². The van der Waals surface area contributed by atoms with Crippen LogP contribution in [-0.4, -0.2) is 31.5 Å². The van der Waals surface area contributed by atoms with Crippen LogP contribution in [0.15, 0.2) is 10.7 Å². The lowest BCUT2D eigenvalue weighted by Crippen LogP contribution is -2.06. The average Bonchev–Trinajstić information content (AvgIpc) is 2.69. The number of nitrogens with one attached hydrogen (secondary N) is 1. The van der Waals surface area contributed by atoms with E-state index >= 15 is 0 Å². The van der Waals surface area contributed by atoms with Gasteiger partial charge in [-0.15, -0.1) is 5.10 Å². The van der Waals surface area contributed by atoms with Gasteiger partial charge in [-0.1, -0.05) is 12.1 Å². The number of nitrogens with zero attached hydrogens (tertiary/aromatic N) is 5. The van der Waals surface area contributed by atoms with Gasteiger partial charge in [0.05, 0.1) is 5.69 Å². The van der Waals surface area contributed by atoms with Crippen LogP contribution in [0.2, 0.25) is 0 Å². The van der Waals surface area contributed by atoms with E-state index in [1.807, 2.05) is 20.0 Å². The van der Waals surface area contributed by atoms with Gasteiger partial charge in [-0.05, 0) is 29.3 Å².